The predicted octanol–water partition coefficient (Wildman–Crippen LogP) is 6.04. The number of nitrogens with zero attached hydrogens (tertiary/aromatic N) is 2. The van der Waals surface area contributed by atoms with Gasteiger partial charge in [-0.05, 0) is 86.3 Å². The third kappa shape index (κ3) is 3.48. The van der Waals surface area contributed by atoms with E-state index in [1.54, 1.807) is 12.1 Å². The maximum Gasteiger partial charge on any atom is 0.298 e. The zero-order valence-electron chi connectivity index (χ0n) is 17.3. The number of rotatable bonds is 3. The summed E-state index contributed by atoms with van der Waals surface area (Å²) >= 11 is 1.00. The molecule has 0 aliphatic carbocycles. The lowest BCUT2D eigenvalue weighted by Gasteiger charge is -2.47. The number of anilines is 2. The number of carbonyl (C=O) groups is 2. The van der Waals surface area contributed by atoms with Gasteiger partial charge in [-0.15, -0.1) is 0 Å². The average Bonchev–Trinajstić information content (AvgIpc) is 2.95. The van der Waals surface area contributed by atoms with Crippen molar-refractivity contribution in [3.63, 3.8) is 0 Å². The molecule has 1 atom stereocenters. The van der Waals surface area contributed by atoms with Crippen molar-refractivity contribution in [1.29, 1.82) is 0 Å². The Labute approximate surface area is 176 Å². The van der Waals surface area contributed by atoms with Crippen LogP contribution >= 0.6 is 11.8 Å². The molecule has 0 radical (unpaired) electrons. The zero-order chi connectivity index (χ0) is 20.8. The number of hydrogen-bond acceptors (Lipinski definition) is 4. The molecule has 0 aromatic heterocycles. The molecule has 2 aliphatic rings. The summed E-state index contributed by atoms with van der Waals surface area (Å²) in [5.41, 5.74) is 4.28. The number of amides is 2. The summed E-state index contributed by atoms with van der Waals surface area (Å²) < 4.78 is 0. The molecular weight excluding hydrogens is 380 g/mol. The molecule has 5 heteroatoms. The maximum atomic E-state index is 12.9. The molecule has 29 heavy (non-hydrogen) atoms. The summed E-state index contributed by atoms with van der Waals surface area (Å²) in [5.74, 6) is 0.184. The van der Waals surface area contributed by atoms with E-state index in [1.807, 2.05) is 30.3 Å². The number of carbonyl (C=O) groups excluding carboxylic acids is 2. The summed E-state index contributed by atoms with van der Waals surface area (Å²) in [5, 5.41) is -0.252. The number of benzene rings is 2. The van der Waals surface area contributed by atoms with Crippen LogP contribution in [0.5, 0.6) is 0 Å². The highest BCUT2D eigenvalue weighted by molar-refractivity contribution is 8.19. The Morgan fingerprint density at radius 3 is 2.55 bits per heavy atom. The minimum absolute atomic E-state index is 0.126. The molecule has 1 fully saturated rings. The van der Waals surface area contributed by atoms with Crippen LogP contribution in [-0.4, -0.2) is 23.2 Å². The van der Waals surface area contributed by atoms with E-state index in [0.29, 0.717) is 16.5 Å². The van der Waals surface area contributed by atoms with Crippen LogP contribution in [0.2, 0.25) is 0 Å². The first-order valence-corrected chi connectivity index (χ1v) is 10.9. The molecule has 150 valence electrons. The van der Waals surface area contributed by atoms with E-state index in [0.717, 1.165) is 30.3 Å². The number of thioether (sulfide) groups is 1. The van der Waals surface area contributed by atoms with Crippen molar-refractivity contribution in [2.75, 3.05) is 16.3 Å². The molecule has 2 amide bonds. The second kappa shape index (κ2) is 7.38. The summed E-state index contributed by atoms with van der Waals surface area (Å²) in [4.78, 5) is 29.5. The van der Waals surface area contributed by atoms with Crippen molar-refractivity contribution in [3.8, 4) is 0 Å². The van der Waals surface area contributed by atoms with Gasteiger partial charge in [0.15, 0.2) is 0 Å². The van der Waals surface area contributed by atoms with E-state index in [9.17, 15) is 9.59 Å². The Morgan fingerprint density at radius 1 is 1.14 bits per heavy atom. The van der Waals surface area contributed by atoms with E-state index in [4.69, 9.17) is 0 Å². The lowest BCUT2D eigenvalue weighted by atomic mass is 9.79. The van der Waals surface area contributed by atoms with Gasteiger partial charge in [0.05, 0.1) is 10.6 Å². The van der Waals surface area contributed by atoms with Crippen molar-refractivity contribution in [3.05, 3.63) is 64.6 Å². The van der Waals surface area contributed by atoms with Crippen molar-refractivity contribution in [2.45, 2.75) is 45.6 Å². The van der Waals surface area contributed by atoms with Crippen molar-refractivity contribution in [1.82, 2.24) is 0 Å². The summed E-state index contributed by atoms with van der Waals surface area (Å²) in [6.45, 7) is 10.0. The molecule has 2 aromatic carbocycles. The zero-order valence-corrected chi connectivity index (χ0v) is 18.1. The van der Waals surface area contributed by atoms with Crippen molar-refractivity contribution < 1.29 is 9.59 Å². The molecule has 4 rings (SSSR count). The summed E-state index contributed by atoms with van der Waals surface area (Å²) in [6, 6.07) is 15.5. The van der Waals surface area contributed by atoms with Crippen molar-refractivity contribution in [2.24, 2.45) is 0 Å². The molecular formula is C24H26N2O2S. The number of imide groups is 1. The van der Waals surface area contributed by atoms with Crippen molar-refractivity contribution >= 4 is 40.4 Å². The first-order valence-electron chi connectivity index (χ1n) is 10.1. The maximum absolute atomic E-state index is 12.9. The molecule has 0 bridgehead atoms. The second-order valence-corrected chi connectivity index (χ2v) is 9.33. The standard InChI is InChI=1S/C24H26N2O2S/c1-5-25-20-12-11-17(13-19(20)16(2)15-24(25,3)4)14-21-22(27)26(23(28)29-21)18-9-7-6-8-10-18/h6-14,16H,5,15H2,1-4H3/b21-14-. The van der Waals surface area contributed by atoms with Gasteiger partial charge in [0.2, 0.25) is 0 Å². The van der Waals surface area contributed by atoms with Gasteiger partial charge in [-0.25, -0.2) is 4.90 Å². The first kappa shape index (κ1) is 19.8. The SMILES string of the molecule is CCN1c2ccc(/C=C3\SC(=O)N(c4ccccc4)C3=O)cc2C(C)CC1(C)C. The molecule has 0 N–H and O–H groups in total. The third-order valence-corrected chi connectivity index (χ3v) is 6.70. The number of hydrogen-bond donors (Lipinski definition) is 0. The fourth-order valence-corrected chi connectivity index (χ4v) is 5.46. The molecule has 1 saturated heterocycles. The van der Waals surface area contributed by atoms with Gasteiger partial charge in [-0.1, -0.05) is 31.2 Å². The number of fused-ring (bicyclic) bond motifs is 1. The van der Waals surface area contributed by atoms with Gasteiger partial charge < -0.3 is 4.90 Å². The monoisotopic (exact) mass is 406 g/mol. The molecule has 0 spiro atoms. The van der Waals surface area contributed by atoms with Crippen LogP contribution in [0.4, 0.5) is 16.2 Å². The van der Waals surface area contributed by atoms with Crippen LogP contribution in [-0.2, 0) is 4.79 Å². The Morgan fingerprint density at radius 2 is 1.86 bits per heavy atom. The van der Waals surface area contributed by atoms with Gasteiger partial charge >= 0.3 is 0 Å². The lowest BCUT2D eigenvalue weighted by Crippen LogP contribution is -2.48. The minimum Gasteiger partial charge on any atom is -0.366 e. The van der Waals surface area contributed by atoms with Gasteiger partial charge in [0.1, 0.15) is 0 Å². The molecule has 1 unspecified atom stereocenters. The predicted molar refractivity (Wildman–Crippen MR) is 121 cm³/mol. The molecule has 2 aliphatic heterocycles. The van der Waals surface area contributed by atoms with Crippen LogP contribution in [0, 0.1) is 0 Å². The van der Waals surface area contributed by atoms with E-state index >= 15 is 0 Å². The Balaban J connectivity index is 1.67. The van der Waals surface area contributed by atoms with Crippen LogP contribution in [0.25, 0.3) is 6.08 Å². The highest BCUT2D eigenvalue weighted by Crippen LogP contribution is 2.44. The minimum atomic E-state index is -0.256. The fourth-order valence-electron chi connectivity index (χ4n) is 4.62. The van der Waals surface area contributed by atoms with Crippen LogP contribution in [0.15, 0.2) is 53.4 Å². The smallest absolute Gasteiger partial charge is 0.298 e. The third-order valence-electron chi connectivity index (χ3n) is 5.83. The fraction of sp³-hybridized carbons (Fsp3) is 0.333. The van der Waals surface area contributed by atoms with E-state index in [1.165, 1.54) is 16.2 Å². The highest BCUT2D eigenvalue weighted by atomic mass is 32.2. The molecule has 0 saturated carbocycles. The van der Waals surface area contributed by atoms with Gasteiger partial charge in [0.25, 0.3) is 11.1 Å². The number of para-hydroxylation sites is 1. The Kier molecular flexibility index (Phi) is 5.03. The lowest BCUT2D eigenvalue weighted by molar-refractivity contribution is -0.113. The molecule has 2 heterocycles. The summed E-state index contributed by atoms with van der Waals surface area (Å²) in [6.07, 6.45) is 2.93. The van der Waals surface area contributed by atoms with Gasteiger partial charge in [-0.3, -0.25) is 9.59 Å². The first-order chi connectivity index (χ1) is 13.8. The van der Waals surface area contributed by atoms with Crippen LogP contribution in [0.1, 0.15) is 51.2 Å². The van der Waals surface area contributed by atoms with E-state index in [2.05, 4.69) is 44.7 Å². The quantitative estimate of drug-likeness (QED) is 0.583. The molecule has 4 nitrogen and oxygen atoms in total. The van der Waals surface area contributed by atoms with Gasteiger partial charge in [0, 0.05) is 17.8 Å². The van der Waals surface area contributed by atoms with Crippen LogP contribution < -0.4 is 9.80 Å². The average molecular weight is 407 g/mol. The Hall–Kier alpha value is -2.53. The van der Waals surface area contributed by atoms with Crippen LogP contribution in [0.3, 0.4) is 0 Å². The largest absolute Gasteiger partial charge is 0.366 e. The van der Waals surface area contributed by atoms with Gasteiger partial charge in [-0.2, -0.15) is 0 Å². The topological polar surface area (TPSA) is 40.6 Å². The van der Waals surface area contributed by atoms with E-state index < -0.39 is 0 Å². The normalized spacial score (nSPS) is 22.3. The molecule has 2 aromatic rings. The Bertz CT molecular complexity index is 997. The summed E-state index contributed by atoms with van der Waals surface area (Å²) in [7, 11) is 0. The highest BCUT2D eigenvalue weighted by Gasteiger charge is 2.37. The van der Waals surface area contributed by atoms with E-state index in [-0.39, 0.29) is 16.7 Å². The second-order valence-electron chi connectivity index (χ2n) is 8.33.